The number of sulfonamides is 1. The Morgan fingerprint density at radius 1 is 1.50 bits per heavy atom. The van der Waals surface area contributed by atoms with E-state index in [1.54, 1.807) is 19.1 Å². The molecule has 98 valence electrons. The highest BCUT2D eigenvalue weighted by atomic mass is 79.9. The third-order valence-electron chi connectivity index (χ3n) is 2.29. The van der Waals surface area contributed by atoms with Crippen molar-refractivity contribution in [2.75, 3.05) is 0 Å². The first kappa shape index (κ1) is 15.1. The van der Waals surface area contributed by atoms with Crippen LogP contribution in [0.5, 0.6) is 0 Å². The van der Waals surface area contributed by atoms with E-state index in [4.69, 9.17) is 5.26 Å². The maximum atomic E-state index is 13.1. The van der Waals surface area contributed by atoms with E-state index in [0.717, 1.165) is 0 Å². The molecule has 0 aromatic heterocycles. The lowest BCUT2D eigenvalue weighted by Crippen LogP contribution is -2.32. The first-order valence-electron chi connectivity index (χ1n) is 5.22. The summed E-state index contributed by atoms with van der Waals surface area (Å²) >= 11 is 3.12. The molecule has 0 heterocycles. The summed E-state index contributed by atoms with van der Waals surface area (Å²) in [6.07, 6.45) is 0.207. The van der Waals surface area contributed by atoms with Gasteiger partial charge >= 0.3 is 0 Å². The van der Waals surface area contributed by atoms with E-state index < -0.39 is 21.1 Å². The number of nitrogens with zero attached hydrogens (tertiary/aromatic N) is 1. The van der Waals surface area contributed by atoms with Gasteiger partial charge in [-0.2, -0.15) is 5.26 Å². The summed E-state index contributed by atoms with van der Waals surface area (Å²) in [5.41, 5.74) is 0.484. The number of hydrogen-bond donors (Lipinski definition) is 1. The molecule has 1 aromatic rings. The summed E-state index contributed by atoms with van der Waals surface area (Å²) in [6.45, 7) is 1.57. The summed E-state index contributed by atoms with van der Waals surface area (Å²) in [6, 6.07) is 5.84. The van der Waals surface area contributed by atoms with Crippen LogP contribution in [0.15, 0.2) is 22.7 Å². The average molecular weight is 335 g/mol. The van der Waals surface area contributed by atoms with Crippen LogP contribution < -0.4 is 4.72 Å². The zero-order chi connectivity index (χ0) is 13.8. The van der Waals surface area contributed by atoms with Gasteiger partial charge in [-0.1, -0.05) is 22.9 Å². The molecule has 1 aromatic carbocycles. The molecular weight excluding hydrogens is 323 g/mol. The van der Waals surface area contributed by atoms with E-state index in [9.17, 15) is 12.8 Å². The summed E-state index contributed by atoms with van der Waals surface area (Å²) in [7, 11) is -3.70. The van der Waals surface area contributed by atoms with Gasteiger partial charge in [-0.15, -0.1) is 0 Å². The highest BCUT2D eigenvalue weighted by Crippen LogP contribution is 2.15. The van der Waals surface area contributed by atoms with E-state index in [0.29, 0.717) is 10.0 Å². The van der Waals surface area contributed by atoms with Crippen LogP contribution in [0.4, 0.5) is 4.39 Å². The molecule has 0 bridgehead atoms. The monoisotopic (exact) mass is 334 g/mol. The van der Waals surface area contributed by atoms with E-state index in [1.165, 1.54) is 12.1 Å². The smallest absolute Gasteiger partial charge is 0.211 e. The van der Waals surface area contributed by atoms with Crippen LogP contribution in [0.25, 0.3) is 0 Å². The quantitative estimate of drug-likeness (QED) is 0.898. The van der Waals surface area contributed by atoms with Crippen molar-refractivity contribution in [1.29, 1.82) is 5.26 Å². The maximum absolute atomic E-state index is 13.1. The SMILES string of the molecule is CC[C@H](C#N)S(=O)(=O)NCc1cc(F)cc(Br)c1. The predicted molar refractivity (Wildman–Crippen MR) is 69.6 cm³/mol. The van der Waals surface area contributed by atoms with Gasteiger partial charge in [0.15, 0.2) is 5.25 Å². The van der Waals surface area contributed by atoms with Gasteiger partial charge in [0.1, 0.15) is 5.82 Å². The molecular formula is C11H12BrFN2O2S. The molecule has 1 atom stereocenters. The lowest BCUT2D eigenvalue weighted by atomic mass is 10.2. The summed E-state index contributed by atoms with van der Waals surface area (Å²) in [4.78, 5) is 0. The molecule has 0 unspecified atom stereocenters. The third-order valence-corrected chi connectivity index (χ3v) is 4.48. The van der Waals surface area contributed by atoms with Crippen LogP contribution in [0.3, 0.4) is 0 Å². The standard InChI is InChI=1S/C11H12BrFN2O2S/c1-2-11(6-14)18(16,17)15-7-8-3-9(12)5-10(13)4-8/h3-5,11,15H,2,7H2,1H3/t11-/m1/s1. The Kier molecular flexibility index (Phi) is 5.26. The lowest BCUT2D eigenvalue weighted by molar-refractivity contribution is 0.571. The molecule has 0 spiro atoms. The summed E-state index contributed by atoms with van der Waals surface area (Å²) in [5, 5.41) is 7.62. The molecule has 1 N–H and O–H groups in total. The maximum Gasteiger partial charge on any atom is 0.228 e. The Morgan fingerprint density at radius 3 is 2.67 bits per heavy atom. The molecule has 0 radical (unpaired) electrons. The van der Waals surface area contributed by atoms with Crippen LogP contribution in [0.1, 0.15) is 18.9 Å². The predicted octanol–water partition coefficient (Wildman–Crippen LogP) is 2.31. The van der Waals surface area contributed by atoms with Crippen LogP contribution >= 0.6 is 15.9 Å². The Morgan fingerprint density at radius 2 is 2.17 bits per heavy atom. The van der Waals surface area contributed by atoms with Gasteiger partial charge in [-0.3, -0.25) is 0 Å². The second-order valence-electron chi connectivity index (χ2n) is 3.67. The molecule has 0 aliphatic heterocycles. The van der Waals surface area contributed by atoms with Gasteiger partial charge in [0.05, 0.1) is 6.07 Å². The number of rotatable bonds is 5. The van der Waals surface area contributed by atoms with Crippen molar-refractivity contribution in [3.8, 4) is 6.07 Å². The third kappa shape index (κ3) is 4.05. The minimum Gasteiger partial charge on any atom is -0.211 e. The van der Waals surface area contributed by atoms with Gasteiger partial charge < -0.3 is 0 Å². The van der Waals surface area contributed by atoms with E-state index in [1.807, 2.05) is 0 Å². The zero-order valence-electron chi connectivity index (χ0n) is 9.65. The molecule has 4 nitrogen and oxygen atoms in total. The van der Waals surface area contributed by atoms with Gasteiger partial charge in [0, 0.05) is 11.0 Å². The fraction of sp³-hybridized carbons (Fsp3) is 0.364. The molecule has 0 saturated carbocycles. The molecule has 0 aliphatic carbocycles. The molecule has 7 heteroatoms. The van der Waals surface area contributed by atoms with Crippen molar-refractivity contribution < 1.29 is 12.8 Å². The van der Waals surface area contributed by atoms with Gasteiger partial charge in [0.2, 0.25) is 10.0 Å². The van der Waals surface area contributed by atoms with Crippen LogP contribution in [0.2, 0.25) is 0 Å². The highest BCUT2D eigenvalue weighted by Gasteiger charge is 2.22. The Balaban J connectivity index is 2.79. The fourth-order valence-electron chi connectivity index (χ4n) is 1.38. The molecule has 18 heavy (non-hydrogen) atoms. The van der Waals surface area contributed by atoms with Crippen LogP contribution in [-0.2, 0) is 16.6 Å². The number of nitrogens with one attached hydrogen (secondary N) is 1. The van der Waals surface area contributed by atoms with Crippen molar-refractivity contribution in [3.05, 3.63) is 34.1 Å². The molecule has 0 aliphatic rings. The molecule has 0 fully saturated rings. The Bertz CT molecular complexity index is 549. The summed E-state index contributed by atoms with van der Waals surface area (Å²) < 4.78 is 39.3. The van der Waals surface area contributed by atoms with Crippen molar-refractivity contribution in [2.24, 2.45) is 0 Å². The van der Waals surface area contributed by atoms with Gasteiger partial charge in [-0.25, -0.2) is 17.5 Å². The second kappa shape index (κ2) is 6.27. The van der Waals surface area contributed by atoms with Crippen LogP contribution in [-0.4, -0.2) is 13.7 Å². The minimum absolute atomic E-state index is 0.0448. The topological polar surface area (TPSA) is 70.0 Å². The first-order valence-corrected chi connectivity index (χ1v) is 7.56. The number of hydrogen-bond acceptors (Lipinski definition) is 3. The second-order valence-corrected chi connectivity index (χ2v) is 6.53. The Hall–Kier alpha value is -0.970. The number of nitriles is 1. The van der Waals surface area contributed by atoms with Gasteiger partial charge in [-0.05, 0) is 30.2 Å². The lowest BCUT2D eigenvalue weighted by Gasteiger charge is -2.10. The summed E-state index contributed by atoms with van der Waals surface area (Å²) in [5.74, 6) is -0.453. The average Bonchev–Trinajstić information content (AvgIpc) is 2.26. The van der Waals surface area contributed by atoms with Crippen molar-refractivity contribution in [2.45, 2.75) is 25.1 Å². The molecule has 0 saturated heterocycles. The number of halogens is 2. The molecule has 0 amide bonds. The van der Waals surface area contributed by atoms with Crippen molar-refractivity contribution >= 4 is 26.0 Å². The van der Waals surface area contributed by atoms with E-state index in [2.05, 4.69) is 20.7 Å². The van der Waals surface area contributed by atoms with Gasteiger partial charge in [0.25, 0.3) is 0 Å². The molecule has 1 rings (SSSR count). The highest BCUT2D eigenvalue weighted by molar-refractivity contribution is 9.10. The number of benzene rings is 1. The van der Waals surface area contributed by atoms with Crippen LogP contribution in [0, 0.1) is 17.1 Å². The minimum atomic E-state index is -3.70. The normalized spacial score (nSPS) is 13.0. The van der Waals surface area contributed by atoms with E-state index in [-0.39, 0.29) is 13.0 Å². The Labute approximate surface area is 114 Å². The first-order chi connectivity index (χ1) is 8.39. The fourth-order valence-corrected chi connectivity index (χ4v) is 3.04. The van der Waals surface area contributed by atoms with Crippen molar-refractivity contribution in [1.82, 2.24) is 4.72 Å². The zero-order valence-corrected chi connectivity index (χ0v) is 12.1. The largest absolute Gasteiger partial charge is 0.228 e. The van der Waals surface area contributed by atoms with Crippen molar-refractivity contribution in [3.63, 3.8) is 0 Å². The van der Waals surface area contributed by atoms with E-state index >= 15 is 0 Å².